The zero-order valence-electron chi connectivity index (χ0n) is 10.7. The van der Waals surface area contributed by atoms with E-state index >= 15 is 0 Å². The second-order valence-corrected chi connectivity index (χ2v) is 5.77. The zero-order chi connectivity index (χ0) is 12.7. The Hall–Kier alpha value is -1.26. The summed E-state index contributed by atoms with van der Waals surface area (Å²) in [6.45, 7) is 6.82. The van der Waals surface area contributed by atoms with E-state index in [4.69, 9.17) is 4.74 Å². The Balaban J connectivity index is 2.07. The minimum atomic E-state index is -0.624. The maximum atomic E-state index is 12.0. The van der Waals surface area contributed by atoms with Crippen LogP contribution in [-0.2, 0) is 9.53 Å². The lowest BCUT2D eigenvalue weighted by Crippen LogP contribution is -2.71. The van der Waals surface area contributed by atoms with Crippen LogP contribution < -0.4 is 5.32 Å². The lowest BCUT2D eigenvalue weighted by atomic mass is 9.78. The summed E-state index contributed by atoms with van der Waals surface area (Å²) in [6.07, 6.45) is 2.04. The lowest BCUT2D eigenvalue weighted by Gasteiger charge is -2.52. The topological polar surface area (TPSA) is 58.6 Å². The smallest absolute Gasteiger partial charge is 0.411 e. The normalized spacial score (nSPS) is 28.6. The van der Waals surface area contributed by atoms with Crippen LogP contribution in [0.5, 0.6) is 0 Å². The van der Waals surface area contributed by atoms with Gasteiger partial charge in [0.05, 0.1) is 0 Å². The Labute approximate surface area is 101 Å². The average Bonchev–Trinajstić information content (AvgIpc) is 2.13. The van der Waals surface area contributed by atoms with E-state index in [9.17, 15) is 9.59 Å². The number of hydrogen-bond donors (Lipinski definition) is 1. The van der Waals surface area contributed by atoms with Gasteiger partial charge in [0.15, 0.2) is 0 Å². The summed E-state index contributed by atoms with van der Waals surface area (Å²) in [5.41, 5.74) is -1.14. The molecule has 0 aromatic rings. The third-order valence-corrected chi connectivity index (χ3v) is 3.35. The van der Waals surface area contributed by atoms with Crippen LogP contribution in [0.25, 0.3) is 0 Å². The number of nitrogens with zero attached hydrogens (tertiary/aromatic N) is 1. The van der Waals surface area contributed by atoms with Gasteiger partial charge in [0, 0.05) is 13.1 Å². The molecule has 2 amide bonds. The maximum Gasteiger partial charge on any atom is 0.411 e. The molecule has 2 aliphatic rings. The van der Waals surface area contributed by atoms with Crippen molar-refractivity contribution in [2.75, 3.05) is 13.1 Å². The quantitative estimate of drug-likeness (QED) is 0.694. The molecule has 1 N–H and O–H groups in total. The number of ether oxygens (including phenoxy) is 1. The molecule has 2 heterocycles. The predicted molar refractivity (Wildman–Crippen MR) is 62.5 cm³/mol. The van der Waals surface area contributed by atoms with Crippen LogP contribution in [-0.4, -0.2) is 41.1 Å². The van der Waals surface area contributed by atoms with Crippen molar-refractivity contribution < 1.29 is 14.3 Å². The summed E-state index contributed by atoms with van der Waals surface area (Å²) >= 11 is 0. The molecule has 2 saturated heterocycles. The van der Waals surface area contributed by atoms with Gasteiger partial charge in [0.25, 0.3) is 0 Å². The monoisotopic (exact) mass is 240 g/mol. The van der Waals surface area contributed by atoms with E-state index in [1.807, 2.05) is 20.8 Å². The zero-order valence-corrected chi connectivity index (χ0v) is 10.7. The molecular weight excluding hydrogens is 220 g/mol. The third kappa shape index (κ3) is 2.10. The van der Waals surface area contributed by atoms with Gasteiger partial charge in [0.2, 0.25) is 5.91 Å². The first-order valence-electron chi connectivity index (χ1n) is 6.14. The van der Waals surface area contributed by atoms with Crippen molar-refractivity contribution in [2.45, 2.75) is 51.2 Å². The van der Waals surface area contributed by atoms with Gasteiger partial charge < -0.3 is 10.1 Å². The number of carbonyl (C=O) groups is 2. The number of nitrogens with one attached hydrogen (secondary N) is 1. The second kappa shape index (κ2) is 3.89. The Kier molecular flexibility index (Phi) is 2.79. The van der Waals surface area contributed by atoms with Crippen molar-refractivity contribution in [3.63, 3.8) is 0 Å². The Morgan fingerprint density at radius 1 is 1.41 bits per heavy atom. The van der Waals surface area contributed by atoms with Crippen molar-refractivity contribution in [1.29, 1.82) is 0 Å². The van der Waals surface area contributed by atoms with Crippen LogP contribution in [0.2, 0.25) is 0 Å². The molecule has 2 fully saturated rings. The van der Waals surface area contributed by atoms with E-state index in [1.165, 1.54) is 0 Å². The van der Waals surface area contributed by atoms with Gasteiger partial charge in [-0.3, -0.25) is 9.69 Å². The highest BCUT2D eigenvalue weighted by atomic mass is 16.6. The van der Waals surface area contributed by atoms with Gasteiger partial charge in [-0.1, -0.05) is 0 Å². The number of hydrogen-bond acceptors (Lipinski definition) is 3. The first kappa shape index (κ1) is 12.2. The number of rotatable bonds is 0. The van der Waals surface area contributed by atoms with Crippen molar-refractivity contribution in [2.24, 2.45) is 0 Å². The molecule has 2 rings (SSSR count). The van der Waals surface area contributed by atoms with Crippen LogP contribution in [0.3, 0.4) is 0 Å². The molecule has 1 atom stereocenters. The molecule has 1 unspecified atom stereocenters. The second-order valence-electron chi connectivity index (χ2n) is 5.77. The Morgan fingerprint density at radius 3 is 2.59 bits per heavy atom. The Morgan fingerprint density at radius 2 is 2.12 bits per heavy atom. The number of carbonyl (C=O) groups excluding carboxylic acids is 2. The largest absolute Gasteiger partial charge is 0.444 e. The summed E-state index contributed by atoms with van der Waals surface area (Å²) in [6, 6.07) is 0. The van der Waals surface area contributed by atoms with Crippen LogP contribution in [0.15, 0.2) is 0 Å². The fourth-order valence-electron chi connectivity index (χ4n) is 2.43. The van der Waals surface area contributed by atoms with E-state index in [-0.39, 0.29) is 12.0 Å². The molecule has 0 aromatic carbocycles. The fourth-order valence-corrected chi connectivity index (χ4v) is 2.43. The lowest BCUT2D eigenvalue weighted by molar-refractivity contribution is -0.145. The SMILES string of the molecule is CC(C)(C)OC(=O)N1CCC12CCCNC2=O. The van der Waals surface area contributed by atoms with Gasteiger partial charge in [-0.2, -0.15) is 0 Å². The molecule has 96 valence electrons. The molecule has 5 heteroatoms. The first-order chi connectivity index (χ1) is 7.85. The van der Waals surface area contributed by atoms with E-state index in [0.29, 0.717) is 13.1 Å². The summed E-state index contributed by atoms with van der Waals surface area (Å²) in [5.74, 6) is -0.0270. The number of amides is 2. The molecule has 0 radical (unpaired) electrons. The third-order valence-electron chi connectivity index (χ3n) is 3.35. The molecule has 0 aliphatic carbocycles. The van der Waals surface area contributed by atoms with Crippen molar-refractivity contribution >= 4 is 12.0 Å². The van der Waals surface area contributed by atoms with Crippen molar-refractivity contribution in [1.82, 2.24) is 10.2 Å². The molecule has 1 spiro atoms. The maximum absolute atomic E-state index is 12.0. The summed E-state index contributed by atoms with van der Waals surface area (Å²) in [7, 11) is 0. The van der Waals surface area contributed by atoms with Gasteiger partial charge in [-0.15, -0.1) is 0 Å². The van der Waals surface area contributed by atoms with Crippen LogP contribution in [0, 0.1) is 0 Å². The Bertz CT molecular complexity index is 348. The first-order valence-corrected chi connectivity index (χ1v) is 6.14. The van der Waals surface area contributed by atoms with Gasteiger partial charge in [0.1, 0.15) is 11.1 Å². The van der Waals surface area contributed by atoms with Crippen molar-refractivity contribution in [3.8, 4) is 0 Å². The van der Waals surface area contributed by atoms with E-state index in [1.54, 1.807) is 4.90 Å². The summed E-state index contributed by atoms with van der Waals surface area (Å²) in [5, 5.41) is 2.83. The minimum Gasteiger partial charge on any atom is -0.444 e. The van der Waals surface area contributed by atoms with Crippen LogP contribution in [0.1, 0.15) is 40.0 Å². The van der Waals surface area contributed by atoms with Gasteiger partial charge >= 0.3 is 6.09 Å². The highest BCUT2D eigenvalue weighted by molar-refractivity contribution is 5.92. The fraction of sp³-hybridized carbons (Fsp3) is 0.833. The average molecular weight is 240 g/mol. The molecule has 2 aliphatic heterocycles. The molecule has 0 saturated carbocycles. The minimum absolute atomic E-state index is 0.0270. The summed E-state index contributed by atoms with van der Waals surface area (Å²) < 4.78 is 5.32. The highest BCUT2D eigenvalue weighted by Crippen LogP contribution is 2.38. The molecule has 5 nitrogen and oxygen atoms in total. The van der Waals surface area contributed by atoms with Gasteiger partial charge in [-0.05, 0) is 40.0 Å². The van der Waals surface area contributed by atoms with Crippen LogP contribution in [0.4, 0.5) is 4.79 Å². The van der Waals surface area contributed by atoms with Gasteiger partial charge in [-0.25, -0.2) is 4.79 Å². The molecule has 17 heavy (non-hydrogen) atoms. The summed E-state index contributed by atoms with van der Waals surface area (Å²) in [4.78, 5) is 25.5. The predicted octanol–water partition coefficient (Wildman–Crippen LogP) is 1.28. The number of piperidine rings is 1. The van der Waals surface area contributed by atoms with E-state index in [0.717, 1.165) is 19.3 Å². The molecule has 0 aromatic heterocycles. The molecular formula is C12H20N2O3. The van der Waals surface area contributed by atoms with Crippen molar-refractivity contribution in [3.05, 3.63) is 0 Å². The standard InChI is InChI=1S/C12H20N2O3/c1-11(2,3)17-10(16)14-8-6-12(14)5-4-7-13-9(12)15/h4-8H2,1-3H3,(H,13,15). The highest BCUT2D eigenvalue weighted by Gasteiger charge is 2.55. The van der Waals surface area contributed by atoms with Crippen LogP contribution >= 0.6 is 0 Å². The number of likely N-dealkylation sites (tertiary alicyclic amines) is 1. The van der Waals surface area contributed by atoms with E-state index < -0.39 is 11.1 Å². The van der Waals surface area contributed by atoms with E-state index in [2.05, 4.69) is 5.32 Å². The molecule has 0 bridgehead atoms.